The molecule has 0 radical (unpaired) electrons. The fourth-order valence-electron chi connectivity index (χ4n) is 9.41. The van der Waals surface area contributed by atoms with E-state index in [9.17, 15) is 23.4 Å². The number of carboxylic acid groups (broad SMARTS) is 1. The Labute approximate surface area is 396 Å². The Morgan fingerprint density at radius 2 is 1.14 bits per heavy atom. The predicted octanol–water partition coefficient (Wildman–Crippen LogP) is 14.0. The number of benzene rings is 6. The lowest BCUT2D eigenvalue weighted by Gasteiger charge is -2.23. The zero-order chi connectivity index (χ0) is 46.2. The molecule has 0 aromatic heterocycles. The lowest BCUT2D eigenvalue weighted by molar-refractivity contribution is 0.0690. The molecule has 340 valence electrons. The summed E-state index contributed by atoms with van der Waals surface area (Å²) >= 11 is 6.25. The van der Waals surface area contributed by atoms with Crippen molar-refractivity contribution in [1.29, 1.82) is 0 Å². The number of halogens is 2. The number of aromatic carboxylic acids is 1. The van der Waals surface area contributed by atoms with Gasteiger partial charge in [-0.3, -0.25) is 9.59 Å². The fraction of sp³-hybridized carbons (Fsp3) is 0.291. The first-order valence-corrected chi connectivity index (χ1v) is 24.0. The van der Waals surface area contributed by atoms with E-state index in [0.717, 1.165) is 87.1 Å². The van der Waals surface area contributed by atoms with Gasteiger partial charge < -0.3 is 24.4 Å². The topological polar surface area (TPSA) is 96.4 Å². The number of carboxylic acids is 1. The van der Waals surface area contributed by atoms with E-state index >= 15 is 0 Å². The Bertz CT molecular complexity index is 2700. The van der Waals surface area contributed by atoms with Gasteiger partial charge in [-0.05, 0) is 137 Å². The van der Waals surface area contributed by atoms with Crippen LogP contribution in [0, 0.1) is 0 Å². The number of hydrogen-bond donors (Lipinski definition) is 1. The second kappa shape index (κ2) is 21.5. The molecule has 6 aromatic rings. The highest BCUT2D eigenvalue weighted by Gasteiger charge is 2.35. The molecule has 66 heavy (non-hydrogen) atoms. The highest BCUT2D eigenvalue weighted by Crippen LogP contribution is 2.36. The Morgan fingerprint density at radius 1 is 0.621 bits per heavy atom. The van der Waals surface area contributed by atoms with E-state index in [1.807, 2.05) is 115 Å². The average Bonchev–Trinajstić information content (AvgIpc) is 4.20. The number of ether oxygens (including phenoxy) is 2. The Balaban J connectivity index is 0.000000173. The van der Waals surface area contributed by atoms with Gasteiger partial charge in [0.1, 0.15) is 24.7 Å². The predicted molar refractivity (Wildman–Crippen MR) is 260 cm³/mol. The van der Waals surface area contributed by atoms with Gasteiger partial charge in [0.15, 0.2) is 0 Å². The second-order valence-electron chi connectivity index (χ2n) is 17.0. The van der Waals surface area contributed by atoms with E-state index < -0.39 is 5.97 Å². The number of fused-ring (bicyclic) bond motifs is 2. The first-order valence-electron chi connectivity index (χ1n) is 22.9. The van der Waals surface area contributed by atoms with Crippen LogP contribution < -0.4 is 9.47 Å². The average molecular weight is 926 g/mol. The SMILES string of the molecule is CC.O=C(O)c1cc(-c2cccc(COc3ccc4c(c3)C(=O)N(C3CCCC3)C4)c2)ccc1Cl.O=C1c2ccc(OCc3cccc(-c4ccc(SF)cc4)c3)cc2CN1C1CCCC1. The van der Waals surface area contributed by atoms with Crippen LogP contribution in [0.25, 0.3) is 22.3 Å². The van der Waals surface area contributed by atoms with Gasteiger partial charge in [-0.15, -0.1) is 0 Å². The van der Waals surface area contributed by atoms with Crippen LogP contribution >= 0.6 is 23.7 Å². The monoisotopic (exact) mass is 924 g/mol. The van der Waals surface area contributed by atoms with Crippen LogP contribution in [0.3, 0.4) is 0 Å². The van der Waals surface area contributed by atoms with Crippen molar-refractivity contribution in [3.05, 3.63) is 171 Å². The van der Waals surface area contributed by atoms with Crippen molar-refractivity contribution < 1.29 is 32.8 Å². The Morgan fingerprint density at radius 3 is 1.73 bits per heavy atom. The minimum atomic E-state index is -1.06. The first-order chi connectivity index (χ1) is 32.2. The summed E-state index contributed by atoms with van der Waals surface area (Å²) in [6, 6.07) is 40.7. The highest BCUT2D eigenvalue weighted by atomic mass is 35.5. The van der Waals surface area contributed by atoms with Gasteiger partial charge in [0.25, 0.3) is 11.8 Å². The molecule has 10 rings (SSSR count). The molecule has 8 nitrogen and oxygen atoms in total. The van der Waals surface area contributed by atoms with Gasteiger partial charge in [0.2, 0.25) is 0 Å². The van der Waals surface area contributed by atoms with Crippen LogP contribution in [0.15, 0.2) is 132 Å². The minimum Gasteiger partial charge on any atom is -0.489 e. The molecule has 0 unspecified atom stereocenters. The molecule has 0 atom stereocenters. The number of carbonyl (C=O) groups is 3. The summed E-state index contributed by atoms with van der Waals surface area (Å²) in [6.07, 6.45) is 9.28. The molecule has 0 bridgehead atoms. The minimum absolute atomic E-state index is 0.0743. The summed E-state index contributed by atoms with van der Waals surface area (Å²) in [5.41, 5.74) is 9.54. The van der Waals surface area contributed by atoms with Crippen molar-refractivity contribution in [3.8, 4) is 33.8 Å². The van der Waals surface area contributed by atoms with Crippen molar-refractivity contribution in [2.24, 2.45) is 0 Å². The zero-order valence-electron chi connectivity index (χ0n) is 37.3. The molecule has 2 aliphatic heterocycles. The Kier molecular flexibility index (Phi) is 15.1. The van der Waals surface area contributed by atoms with E-state index in [-0.39, 0.29) is 34.5 Å². The van der Waals surface area contributed by atoms with Gasteiger partial charge >= 0.3 is 5.97 Å². The van der Waals surface area contributed by atoms with E-state index in [2.05, 4.69) is 6.07 Å². The first kappa shape index (κ1) is 46.4. The number of rotatable bonds is 12. The highest BCUT2D eigenvalue weighted by molar-refractivity contribution is 7.94. The van der Waals surface area contributed by atoms with E-state index in [0.29, 0.717) is 49.0 Å². The number of hydrogen-bond acceptors (Lipinski definition) is 6. The molecule has 1 N–H and O–H groups in total. The maximum atomic E-state index is 12.9. The standard InChI is InChI=1S/C27H24ClNO4.C26H24FNO2S.C2H6/c28-25-11-9-19(13-24(25)27(31)32)18-5-3-4-17(12-18)16-33-22-10-8-20-15-29(21-6-1-2-7-21)26(30)23(20)14-22;27-31-24-11-8-19(9-12-24)20-5-3-4-18(14-20)17-30-23-10-13-25-21(15-23)16-28(26(25)29)22-6-1-2-7-22;1-2/h3-5,8-14,21H,1-2,6-7,15-16H2,(H,31,32);3-5,8-15,22H,1-2,6-7,16-17H2;1-2H3. The van der Waals surface area contributed by atoms with Crippen molar-refractivity contribution in [1.82, 2.24) is 9.80 Å². The zero-order valence-corrected chi connectivity index (χ0v) is 38.9. The normalized spacial score (nSPS) is 15.5. The Hall–Kier alpha value is -6.10. The van der Waals surface area contributed by atoms with Crippen LogP contribution in [0.4, 0.5) is 3.89 Å². The molecule has 4 aliphatic rings. The summed E-state index contributed by atoms with van der Waals surface area (Å²) in [4.78, 5) is 41.7. The molecular formula is C55H54ClFN2O6S. The second-order valence-corrected chi connectivity index (χ2v) is 18.0. The quantitative estimate of drug-likeness (QED) is 0.131. The van der Waals surface area contributed by atoms with Crippen LogP contribution in [0.5, 0.6) is 11.5 Å². The van der Waals surface area contributed by atoms with E-state index in [1.165, 1.54) is 25.7 Å². The molecule has 2 aliphatic carbocycles. The number of carbonyl (C=O) groups excluding carboxylic acids is 2. The van der Waals surface area contributed by atoms with Crippen molar-refractivity contribution in [2.75, 3.05) is 0 Å². The van der Waals surface area contributed by atoms with Crippen LogP contribution in [-0.2, 0) is 26.3 Å². The van der Waals surface area contributed by atoms with Crippen LogP contribution in [0.1, 0.15) is 119 Å². The molecule has 0 spiro atoms. The van der Waals surface area contributed by atoms with Crippen LogP contribution in [0.2, 0.25) is 5.02 Å². The van der Waals surface area contributed by atoms with Crippen molar-refractivity contribution >= 4 is 41.5 Å². The molecule has 0 saturated heterocycles. The lowest BCUT2D eigenvalue weighted by atomic mass is 10.0. The molecule has 2 fully saturated rings. The van der Waals surface area contributed by atoms with Crippen molar-refractivity contribution in [3.63, 3.8) is 0 Å². The van der Waals surface area contributed by atoms with Gasteiger partial charge in [0.05, 0.1) is 22.7 Å². The van der Waals surface area contributed by atoms with Gasteiger partial charge in [-0.25, -0.2) is 4.79 Å². The molecule has 11 heteroatoms. The molecular weight excluding hydrogens is 871 g/mol. The summed E-state index contributed by atoms with van der Waals surface area (Å²) in [5.74, 6) is 0.675. The van der Waals surface area contributed by atoms with Gasteiger partial charge in [-0.2, -0.15) is 3.89 Å². The third-order valence-corrected chi connectivity index (χ3v) is 13.6. The summed E-state index contributed by atoms with van der Waals surface area (Å²) in [5, 5.41) is 9.55. The lowest BCUT2D eigenvalue weighted by Crippen LogP contribution is -2.33. The maximum absolute atomic E-state index is 12.9. The summed E-state index contributed by atoms with van der Waals surface area (Å²) < 4.78 is 24.7. The summed E-state index contributed by atoms with van der Waals surface area (Å²) in [7, 11) is 0. The molecule has 2 saturated carbocycles. The largest absolute Gasteiger partial charge is 0.489 e. The third kappa shape index (κ3) is 10.6. The summed E-state index contributed by atoms with van der Waals surface area (Å²) in [6.45, 7) is 6.18. The smallest absolute Gasteiger partial charge is 0.337 e. The molecule has 6 aromatic carbocycles. The van der Waals surface area contributed by atoms with E-state index in [1.54, 1.807) is 30.3 Å². The maximum Gasteiger partial charge on any atom is 0.337 e. The van der Waals surface area contributed by atoms with Gasteiger partial charge in [0, 0.05) is 41.2 Å². The van der Waals surface area contributed by atoms with Gasteiger partial charge in [-0.1, -0.05) is 112 Å². The molecule has 2 heterocycles. The third-order valence-electron chi connectivity index (χ3n) is 12.8. The fourth-order valence-corrected chi connectivity index (χ4v) is 9.84. The van der Waals surface area contributed by atoms with Crippen LogP contribution in [-0.4, -0.2) is 44.8 Å². The number of amides is 2. The van der Waals surface area contributed by atoms with E-state index in [4.69, 9.17) is 21.1 Å². The van der Waals surface area contributed by atoms with Crippen molar-refractivity contribution in [2.45, 2.75) is 108 Å². The number of nitrogens with zero attached hydrogens (tertiary/aromatic N) is 2. The molecule has 2 amide bonds.